The number of rotatable bonds is 5. The van der Waals surface area contributed by atoms with E-state index in [0.717, 1.165) is 5.06 Å². The molecule has 2 rings (SSSR count). The number of terminal acetylenes is 1. The van der Waals surface area contributed by atoms with E-state index in [9.17, 15) is 4.79 Å². The number of amidine groups is 1. The number of amides is 1. The Balaban J connectivity index is 2.28. The Hall–Kier alpha value is -2.52. The van der Waals surface area contributed by atoms with Gasteiger partial charge in [-0.15, -0.1) is 6.42 Å². The van der Waals surface area contributed by atoms with Crippen LogP contribution < -0.4 is 5.73 Å². The van der Waals surface area contributed by atoms with Gasteiger partial charge in [0.05, 0.1) is 22.0 Å². The molecule has 0 aliphatic heterocycles. The number of nitrogens with one attached hydrogen (secondary N) is 1. The highest BCUT2D eigenvalue weighted by Crippen LogP contribution is 2.26. The average Bonchev–Trinajstić information content (AvgIpc) is 2.57. The van der Waals surface area contributed by atoms with Crippen molar-refractivity contribution in [3.63, 3.8) is 0 Å². The fourth-order valence-corrected chi connectivity index (χ4v) is 2.65. The van der Waals surface area contributed by atoms with Gasteiger partial charge in [-0.05, 0) is 29.8 Å². The normalized spacial score (nSPS) is 10.1. The lowest BCUT2D eigenvalue weighted by Gasteiger charge is -2.22. The Morgan fingerprint density at radius 3 is 2.36 bits per heavy atom. The maximum absolute atomic E-state index is 12.6. The van der Waals surface area contributed by atoms with E-state index in [1.54, 1.807) is 42.5 Å². The van der Waals surface area contributed by atoms with Crippen LogP contribution in [-0.4, -0.2) is 23.4 Å². The van der Waals surface area contributed by atoms with Crippen LogP contribution in [0, 0.1) is 17.8 Å². The highest BCUT2D eigenvalue weighted by atomic mass is 35.5. The smallest absolute Gasteiger partial charge is 0.256 e. The van der Waals surface area contributed by atoms with Gasteiger partial charge in [-0.25, -0.2) is 0 Å². The third-order valence-electron chi connectivity index (χ3n) is 3.24. The van der Waals surface area contributed by atoms with Crippen molar-refractivity contribution < 1.29 is 9.63 Å². The third-order valence-corrected chi connectivity index (χ3v) is 3.87. The Labute approximate surface area is 155 Å². The van der Waals surface area contributed by atoms with Crippen molar-refractivity contribution in [1.29, 1.82) is 5.41 Å². The molecule has 5 nitrogen and oxygen atoms in total. The minimum absolute atomic E-state index is 0.00466. The lowest BCUT2D eigenvalue weighted by atomic mass is 10.1. The van der Waals surface area contributed by atoms with E-state index in [1.807, 2.05) is 0 Å². The standard InChI is InChI=1S/C18H15Cl2N3O2/c1-2-10-25-23(16(24)11-12-6-8-13(21)9-7-12)18(22)17-14(19)4-3-5-15(17)20/h1,3-9,22H,10-11,21H2. The average molecular weight is 376 g/mol. The lowest BCUT2D eigenvalue weighted by molar-refractivity contribution is -0.158. The molecule has 1 amide bonds. The molecule has 3 N–H and O–H groups in total. The maximum Gasteiger partial charge on any atom is 0.256 e. The third kappa shape index (κ3) is 4.74. The van der Waals surface area contributed by atoms with Crippen LogP contribution in [0.4, 0.5) is 5.69 Å². The Morgan fingerprint density at radius 2 is 1.80 bits per heavy atom. The monoisotopic (exact) mass is 375 g/mol. The number of hydroxylamine groups is 2. The van der Waals surface area contributed by atoms with Gasteiger partial charge in [-0.1, -0.05) is 47.3 Å². The molecule has 7 heteroatoms. The molecule has 0 aliphatic rings. The van der Waals surface area contributed by atoms with E-state index in [4.69, 9.17) is 45.6 Å². The van der Waals surface area contributed by atoms with Gasteiger partial charge < -0.3 is 5.73 Å². The zero-order valence-electron chi connectivity index (χ0n) is 13.1. The number of benzene rings is 2. The highest BCUT2D eigenvalue weighted by Gasteiger charge is 2.24. The molecule has 0 heterocycles. The summed E-state index contributed by atoms with van der Waals surface area (Å²) in [6, 6.07) is 11.6. The predicted molar refractivity (Wildman–Crippen MR) is 99.5 cm³/mol. The first-order valence-electron chi connectivity index (χ1n) is 7.20. The number of carbonyl (C=O) groups excluding carboxylic acids is 1. The van der Waals surface area contributed by atoms with E-state index in [2.05, 4.69) is 5.92 Å². The van der Waals surface area contributed by atoms with E-state index in [1.165, 1.54) is 0 Å². The molecule has 0 aliphatic carbocycles. The van der Waals surface area contributed by atoms with Gasteiger partial charge >= 0.3 is 0 Å². The molecule has 0 atom stereocenters. The number of anilines is 1. The van der Waals surface area contributed by atoms with Crippen LogP contribution in [0.1, 0.15) is 11.1 Å². The number of hydrogen-bond donors (Lipinski definition) is 2. The second-order valence-electron chi connectivity index (χ2n) is 5.03. The zero-order valence-corrected chi connectivity index (χ0v) is 14.6. The molecule has 2 aromatic carbocycles. The van der Waals surface area contributed by atoms with Gasteiger partial charge in [-0.3, -0.25) is 15.0 Å². The van der Waals surface area contributed by atoms with Gasteiger partial charge in [0.2, 0.25) is 0 Å². The van der Waals surface area contributed by atoms with E-state index in [0.29, 0.717) is 11.3 Å². The van der Waals surface area contributed by atoms with Crippen molar-refractivity contribution in [2.24, 2.45) is 0 Å². The maximum atomic E-state index is 12.6. The van der Waals surface area contributed by atoms with Crippen molar-refractivity contribution in [3.8, 4) is 12.3 Å². The van der Waals surface area contributed by atoms with Gasteiger partial charge in [0, 0.05) is 5.69 Å². The van der Waals surface area contributed by atoms with Crippen molar-refractivity contribution in [2.45, 2.75) is 6.42 Å². The number of hydrogen-bond acceptors (Lipinski definition) is 4. The molecule has 0 aromatic heterocycles. The summed E-state index contributed by atoms with van der Waals surface area (Å²) in [7, 11) is 0. The van der Waals surface area contributed by atoms with Crippen LogP contribution in [0.2, 0.25) is 10.0 Å². The molecule has 2 aromatic rings. The molecule has 25 heavy (non-hydrogen) atoms. The fraction of sp³-hybridized carbons (Fsp3) is 0.111. The second kappa shape index (κ2) is 8.54. The first-order valence-corrected chi connectivity index (χ1v) is 7.96. The van der Waals surface area contributed by atoms with E-state index < -0.39 is 5.91 Å². The van der Waals surface area contributed by atoms with Gasteiger partial charge in [0.1, 0.15) is 6.61 Å². The Kier molecular flexibility index (Phi) is 6.43. The number of halogens is 2. The van der Waals surface area contributed by atoms with Crippen LogP contribution >= 0.6 is 23.2 Å². The minimum atomic E-state index is -0.485. The van der Waals surface area contributed by atoms with Crippen molar-refractivity contribution >= 4 is 40.6 Å². The molecule has 0 saturated carbocycles. The summed E-state index contributed by atoms with van der Waals surface area (Å²) in [5, 5.41) is 9.57. The number of nitrogens with zero attached hydrogens (tertiary/aromatic N) is 1. The van der Waals surface area contributed by atoms with E-state index in [-0.39, 0.29) is 34.5 Å². The van der Waals surface area contributed by atoms with Gasteiger partial charge in [-0.2, -0.15) is 5.06 Å². The SMILES string of the molecule is C#CCON(C(=N)c1c(Cl)cccc1Cl)C(=O)Cc1ccc(N)cc1. The molecule has 0 bridgehead atoms. The van der Waals surface area contributed by atoms with Crippen LogP contribution in [-0.2, 0) is 16.1 Å². The quantitative estimate of drug-likeness (QED) is 0.275. The molecule has 0 unspecified atom stereocenters. The van der Waals surface area contributed by atoms with Gasteiger partial charge in [0.25, 0.3) is 5.91 Å². The predicted octanol–water partition coefficient (Wildman–Crippen LogP) is 3.54. The number of nitrogens with two attached hydrogens (primary N) is 1. The molecule has 128 valence electrons. The molecular weight excluding hydrogens is 361 g/mol. The summed E-state index contributed by atoms with van der Waals surface area (Å²) < 4.78 is 0. The highest BCUT2D eigenvalue weighted by molar-refractivity contribution is 6.40. The fourth-order valence-electron chi connectivity index (χ4n) is 2.07. The summed E-state index contributed by atoms with van der Waals surface area (Å²) >= 11 is 12.2. The Morgan fingerprint density at radius 1 is 1.20 bits per heavy atom. The van der Waals surface area contributed by atoms with Crippen LogP contribution in [0.5, 0.6) is 0 Å². The largest absolute Gasteiger partial charge is 0.399 e. The summed E-state index contributed by atoms with van der Waals surface area (Å²) in [5.41, 5.74) is 7.13. The number of carbonyl (C=O) groups is 1. The summed E-state index contributed by atoms with van der Waals surface area (Å²) in [5.74, 6) is 1.49. The molecule has 0 spiro atoms. The Bertz CT molecular complexity index is 809. The lowest BCUT2D eigenvalue weighted by Crippen LogP contribution is -2.38. The summed E-state index contributed by atoms with van der Waals surface area (Å²) in [4.78, 5) is 17.9. The zero-order chi connectivity index (χ0) is 18.4. The molecule has 0 fully saturated rings. The van der Waals surface area contributed by atoms with E-state index >= 15 is 0 Å². The molecule has 0 radical (unpaired) electrons. The molecule has 0 saturated heterocycles. The van der Waals surface area contributed by atoms with Gasteiger partial charge in [0.15, 0.2) is 5.84 Å². The van der Waals surface area contributed by atoms with Crippen LogP contribution in [0.15, 0.2) is 42.5 Å². The van der Waals surface area contributed by atoms with Crippen molar-refractivity contribution in [1.82, 2.24) is 5.06 Å². The van der Waals surface area contributed by atoms with Crippen molar-refractivity contribution in [2.75, 3.05) is 12.3 Å². The topological polar surface area (TPSA) is 79.4 Å². The number of nitrogen functional groups attached to an aromatic ring is 1. The minimum Gasteiger partial charge on any atom is -0.399 e. The van der Waals surface area contributed by atoms with Crippen LogP contribution in [0.3, 0.4) is 0 Å². The first kappa shape index (κ1) is 18.8. The second-order valence-corrected chi connectivity index (χ2v) is 5.84. The van der Waals surface area contributed by atoms with Crippen molar-refractivity contribution in [3.05, 3.63) is 63.6 Å². The molecular formula is C18H15Cl2N3O2. The summed E-state index contributed by atoms with van der Waals surface area (Å²) in [6.45, 7) is -0.183. The van der Waals surface area contributed by atoms with Crippen LogP contribution in [0.25, 0.3) is 0 Å². The summed E-state index contributed by atoms with van der Waals surface area (Å²) in [6.07, 6.45) is 5.19. The first-order chi connectivity index (χ1) is 11.9.